The van der Waals surface area contributed by atoms with Crippen molar-refractivity contribution in [3.8, 4) is 0 Å². The van der Waals surface area contributed by atoms with Gasteiger partial charge in [0.1, 0.15) is 0 Å². The van der Waals surface area contributed by atoms with E-state index < -0.39 is 22.5 Å². The Balaban J connectivity index is 2.43. The van der Waals surface area contributed by atoms with Crippen LogP contribution in [0.2, 0.25) is 15.1 Å². The van der Waals surface area contributed by atoms with Gasteiger partial charge in [0.2, 0.25) is 0 Å². The fourth-order valence-corrected chi connectivity index (χ4v) is 7.26. The monoisotopic (exact) mass is 478 g/mol. The van der Waals surface area contributed by atoms with E-state index in [1.54, 1.807) is 60.7 Å². The van der Waals surface area contributed by atoms with E-state index in [0.717, 1.165) is 0 Å². The SMILES string of the molecule is O=C(OS(c1ccccc1)(c1ccccc1)c1c(Cl)cc(Cl)cc1Cl)C(F)(F)F. The van der Waals surface area contributed by atoms with Gasteiger partial charge in [-0.1, -0.05) is 71.2 Å². The fraction of sp³-hybridized carbons (Fsp3) is 0.0500. The van der Waals surface area contributed by atoms with Gasteiger partial charge in [-0.25, -0.2) is 4.79 Å². The molecule has 0 saturated carbocycles. The van der Waals surface area contributed by atoms with Gasteiger partial charge in [0.25, 0.3) is 0 Å². The number of halogens is 6. The Kier molecular flexibility index (Phi) is 6.39. The third-order valence-corrected chi connectivity index (χ3v) is 8.16. The number of carbonyl (C=O) groups is 1. The lowest BCUT2D eigenvalue weighted by Crippen LogP contribution is -2.27. The van der Waals surface area contributed by atoms with Crippen LogP contribution in [0.5, 0.6) is 0 Å². The maximum absolute atomic E-state index is 13.2. The molecule has 0 atom stereocenters. The third-order valence-electron chi connectivity index (χ3n) is 3.83. The first-order chi connectivity index (χ1) is 13.7. The number of carbonyl (C=O) groups excluding carboxylic acids is 1. The standard InChI is InChI=1S/C20H12Cl3F3O2S/c21-13-11-16(22)18(17(23)12-13)29(14-7-3-1-4-8-14,15-9-5-2-6-10-15)28-19(27)20(24,25)26/h1-12H. The van der Waals surface area contributed by atoms with E-state index in [9.17, 15) is 18.0 Å². The minimum atomic E-state index is -5.22. The van der Waals surface area contributed by atoms with E-state index in [2.05, 4.69) is 0 Å². The van der Waals surface area contributed by atoms with Crippen LogP contribution in [-0.2, 0) is 8.98 Å². The van der Waals surface area contributed by atoms with Gasteiger partial charge in [0, 0.05) is 14.8 Å². The molecule has 0 aromatic heterocycles. The van der Waals surface area contributed by atoms with Crippen LogP contribution in [0.25, 0.3) is 0 Å². The summed E-state index contributed by atoms with van der Waals surface area (Å²) >= 11 is 18.8. The molecule has 3 aromatic carbocycles. The zero-order chi connectivity index (χ0) is 21.2. The third kappa shape index (κ3) is 4.36. The predicted octanol–water partition coefficient (Wildman–Crippen LogP) is 7.95. The molecule has 0 amide bonds. The van der Waals surface area contributed by atoms with Crippen molar-refractivity contribution >= 4 is 51.1 Å². The van der Waals surface area contributed by atoms with Crippen molar-refractivity contribution in [2.75, 3.05) is 0 Å². The van der Waals surface area contributed by atoms with Crippen LogP contribution in [0, 0.1) is 0 Å². The molecular weight excluding hydrogens is 468 g/mol. The van der Waals surface area contributed by atoms with Crippen LogP contribution in [0.15, 0.2) is 87.5 Å². The van der Waals surface area contributed by atoms with Gasteiger partial charge in [0.15, 0.2) is 0 Å². The molecule has 2 nitrogen and oxygen atoms in total. The van der Waals surface area contributed by atoms with Gasteiger partial charge < -0.3 is 4.18 Å². The van der Waals surface area contributed by atoms with E-state index in [4.69, 9.17) is 39.0 Å². The van der Waals surface area contributed by atoms with Crippen LogP contribution in [0.4, 0.5) is 13.2 Å². The Labute approximate surface area is 181 Å². The second kappa shape index (κ2) is 8.48. The number of rotatable bonds is 4. The normalized spacial score (nSPS) is 12.5. The summed E-state index contributed by atoms with van der Waals surface area (Å²) in [6, 6.07) is 18.8. The average Bonchev–Trinajstić information content (AvgIpc) is 2.67. The minimum absolute atomic E-state index is 0.0137. The largest absolute Gasteiger partial charge is 0.491 e. The van der Waals surface area contributed by atoms with E-state index in [1.807, 2.05) is 0 Å². The van der Waals surface area contributed by atoms with Crippen LogP contribution >= 0.6 is 45.1 Å². The smallest absolute Gasteiger partial charge is 0.395 e. The van der Waals surface area contributed by atoms with Gasteiger partial charge in [-0.15, -0.1) is 0 Å². The summed E-state index contributed by atoms with van der Waals surface area (Å²) in [7, 11) is -3.29. The molecule has 9 heteroatoms. The molecule has 29 heavy (non-hydrogen) atoms. The predicted molar refractivity (Wildman–Crippen MR) is 109 cm³/mol. The molecule has 0 aliphatic carbocycles. The average molecular weight is 480 g/mol. The molecule has 0 fully saturated rings. The summed E-state index contributed by atoms with van der Waals surface area (Å²) < 4.78 is 45.0. The quantitative estimate of drug-likeness (QED) is 0.379. The fourth-order valence-electron chi connectivity index (χ4n) is 2.70. The Morgan fingerprint density at radius 3 is 1.59 bits per heavy atom. The number of hydrogen-bond acceptors (Lipinski definition) is 2. The molecule has 152 valence electrons. The molecule has 3 rings (SSSR count). The molecule has 0 unspecified atom stereocenters. The Morgan fingerprint density at radius 2 is 1.21 bits per heavy atom. The van der Waals surface area contributed by atoms with Crippen molar-refractivity contribution in [3.05, 3.63) is 87.9 Å². The second-order valence-electron chi connectivity index (χ2n) is 5.75. The molecule has 0 N–H and O–H groups in total. The summed E-state index contributed by atoms with van der Waals surface area (Å²) in [5.41, 5.74) is 0. The highest BCUT2D eigenvalue weighted by atomic mass is 35.5. The molecular formula is C20H12Cl3F3O2S. The highest BCUT2D eigenvalue weighted by molar-refractivity contribution is 8.30. The van der Waals surface area contributed by atoms with Gasteiger partial charge in [0.05, 0.1) is 14.9 Å². The summed E-state index contributed by atoms with van der Waals surface area (Å²) in [4.78, 5) is 12.7. The van der Waals surface area contributed by atoms with Crippen molar-refractivity contribution < 1.29 is 22.1 Å². The van der Waals surface area contributed by atoms with Gasteiger partial charge in [-0.2, -0.15) is 13.2 Å². The van der Waals surface area contributed by atoms with Crippen molar-refractivity contribution in [3.63, 3.8) is 0 Å². The molecule has 0 saturated heterocycles. The van der Waals surface area contributed by atoms with Crippen molar-refractivity contribution in [2.24, 2.45) is 0 Å². The number of benzene rings is 3. The van der Waals surface area contributed by atoms with E-state index in [-0.39, 0.29) is 20.0 Å². The highest BCUT2D eigenvalue weighted by Gasteiger charge is 2.48. The lowest BCUT2D eigenvalue weighted by molar-refractivity contribution is -0.188. The highest BCUT2D eigenvalue weighted by Crippen LogP contribution is 2.72. The zero-order valence-electron chi connectivity index (χ0n) is 14.4. The lowest BCUT2D eigenvalue weighted by Gasteiger charge is -2.40. The lowest BCUT2D eigenvalue weighted by atomic mass is 10.3. The van der Waals surface area contributed by atoms with Crippen LogP contribution in [-0.4, -0.2) is 12.1 Å². The van der Waals surface area contributed by atoms with Crippen LogP contribution in [0.1, 0.15) is 0 Å². The molecule has 0 radical (unpaired) electrons. The first kappa shape index (κ1) is 21.8. The van der Waals surface area contributed by atoms with Gasteiger partial charge in [-0.05, 0) is 46.7 Å². The number of alkyl halides is 3. The second-order valence-corrected chi connectivity index (χ2v) is 9.63. The summed E-state index contributed by atoms with van der Waals surface area (Å²) in [5, 5.41) is 0.167. The van der Waals surface area contributed by atoms with Crippen molar-refractivity contribution in [1.82, 2.24) is 0 Å². The van der Waals surface area contributed by atoms with Crippen LogP contribution in [0.3, 0.4) is 0 Å². The molecule has 0 heterocycles. The molecule has 0 bridgehead atoms. The van der Waals surface area contributed by atoms with E-state index in [0.29, 0.717) is 9.79 Å². The Hall–Kier alpha value is -1.86. The topological polar surface area (TPSA) is 26.3 Å². The summed E-state index contributed by atoms with van der Waals surface area (Å²) in [6.07, 6.45) is -5.22. The van der Waals surface area contributed by atoms with Gasteiger partial charge >= 0.3 is 12.1 Å². The van der Waals surface area contributed by atoms with Gasteiger partial charge in [-0.3, -0.25) is 0 Å². The molecule has 0 aliphatic heterocycles. The first-order valence-corrected chi connectivity index (χ1v) is 10.7. The minimum Gasteiger partial charge on any atom is -0.395 e. The Bertz CT molecular complexity index is 966. The maximum atomic E-state index is 13.2. The first-order valence-electron chi connectivity index (χ1n) is 8.05. The molecule has 0 spiro atoms. The van der Waals surface area contributed by atoms with Crippen molar-refractivity contribution in [2.45, 2.75) is 20.9 Å². The Morgan fingerprint density at radius 1 is 0.793 bits per heavy atom. The zero-order valence-corrected chi connectivity index (χ0v) is 17.5. The maximum Gasteiger partial charge on any atom is 0.491 e. The van der Waals surface area contributed by atoms with E-state index in [1.165, 1.54) is 12.1 Å². The number of hydrogen-bond donors (Lipinski definition) is 0. The van der Waals surface area contributed by atoms with Crippen LogP contribution < -0.4 is 0 Å². The van der Waals surface area contributed by atoms with Crippen molar-refractivity contribution in [1.29, 1.82) is 0 Å². The van der Waals surface area contributed by atoms with E-state index >= 15 is 0 Å². The molecule has 0 aliphatic rings. The summed E-state index contributed by atoms with van der Waals surface area (Å²) in [6.45, 7) is 0. The molecule has 3 aromatic rings. The summed E-state index contributed by atoms with van der Waals surface area (Å²) in [5.74, 6) is -2.35.